The Bertz CT molecular complexity index is 1290. The predicted octanol–water partition coefficient (Wildman–Crippen LogP) is 5.18. The first-order chi connectivity index (χ1) is 15.7. The monoisotopic (exact) mass is 613 g/mol. The number of carbonyl (C=O) groups is 3. The molecule has 3 aromatic rings. The highest BCUT2D eigenvalue weighted by Gasteiger charge is 2.33. The highest BCUT2D eigenvalue weighted by molar-refractivity contribution is 9.10. The Morgan fingerprint density at radius 3 is 2.52 bits per heavy atom. The summed E-state index contributed by atoms with van der Waals surface area (Å²) in [4.78, 5) is 44.4. The van der Waals surface area contributed by atoms with Crippen LogP contribution in [0.4, 0.5) is 5.69 Å². The average Bonchev–Trinajstić information content (AvgIpc) is 3.47. The van der Waals surface area contributed by atoms with E-state index in [-0.39, 0.29) is 38.8 Å². The maximum Gasteiger partial charge on any atom is 0.283 e. The molecule has 0 saturated heterocycles. The molecule has 0 aliphatic heterocycles. The SMILES string of the molecule is CC(=O)N(C(=O)c1cc(Br)nn1-c1ncccc1Cl)c1c(Cl)cc(Br)cc1C(=O)NC1CC1. The van der Waals surface area contributed by atoms with Crippen LogP contribution in [0, 0.1) is 0 Å². The van der Waals surface area contributed by atoms with Crippen LogP contribution >= 0.6 is 55.1 Å². The summed E-state index contributed by atoms with van der Waals surface area (Å²) in [5.74, 6) is -1.63. The summed E-state index contributed by atoms with van der Waals surface area (Å²) in [7, 11) is 0. The van der Waals surface area contributed by atoms with E-state index in [2.05, 4.69) is 47.3 Å². The molecule has 1 saturated carbocycles. The predicted molar refractivity (Wildman–Crippen MR) is 131 cm³/mol. The number of amides is 3. The molecule has 0 spiro atoms. The molecule has 3 amide bonds. The second kappa shape index (κ2) is 9.54. The number of nitrogens with one attached hydrogen (secondary N) is 1. The van der Waals surface area contributed by atoms with Crippen LogP contribution in [0.25, 0.3) is 5.82 Å². The number of imide groups is 1. The van der Waals surface area contributed by atoms with Gasteiger partial charge in [-0.2, -0.15) is 5.10 Å². The molecule has 0 radical (unpaired) electrons. The minimum Gasteiger partial charge on any atom is -0.349 e. The molecule has 33 heavy (non-hydrogen) atoms. The maximum absolute atomic E-state index is 13.7. The Labute approximate surface area is 215 Å². The second-order valence-corrected chi connectivity index (χ2v) is 9.81. The van der Waals surface area contributed by atoms with Crippen molar-refractivity contribution in [2.45, 2.75) is 25.8 Å². The van der Waals surface area contributed by atoms with Crippen LogP contribution in [-0.2, 0) is 4.79 Å². The minimum absolute atomic E-state index is 0.00906. The molecule has 12 heteroatoms. The third-order valence-electron chi connectivity index (χ3n) is 4.77. The molecular formula is C21H15Br2Cl2N5O3. The van der Waals surface area contributed by atoms with Crippen molar-refractivity contribution in [2.75, 3.05) is 4.90 Å². The average molecular weight is 616 g/mol. The third kappa shape index (κ3) is 4.98. The van der Waals surface area contributed by atoms with E-state index in [4.69, 9.17) is 23.2 Å². The number of benzene rings is 1. The first-order valence-electron chi connectivity index (χ1n) is 9.68. The number of hydrogen-bond acceptors (Lipinski definition) is 5. The molecular weight excluding hydrogens is 601 g/mol. The molecule has 0 unspecified atom stereocenters. The number of halogens is 4. The first kappa shape index (κ1) is 23.9. The molecule has 1 aromatic carbocycles. The van der Waals surface area contributed by atoms with Crippen molar-refractivity contribution in [2.24, 2.45) is 0 Å². The van der Waals surface area contributed by atoms with Gasteiger partial charge >= 0.3 is 0 Å². The Morgan fingerprint density at radius 2 is 1.88 bits per heavy atom. The Kier molecular flexibility index (Phi) is 6.90. The van der Waals surface area contributed by atoms with Crippen LogP contribution in [0.15, 0.2) is 45.6 Å². The van der Waals surface area contributed by atoms with E-state index in [0.29, 0.717) is 9.08 Å². The molecule has 4 rings (SSSR count). The Balaban J connectivity index is 1.85. The lowest BCUT2D eigenvalue weighted by atomic mass is 10.1. The van der Waals surface area contributed by atoms with E-state index in [1.165, 1.54) is 36.0 Å². The molecule has 0 atom stereocenters. The van der Waals surface area contributed by atoms with Gasteiger partial charge in [-0.3, -0.25) is 14.4 Å². The van der Waals surface area contributed by atoms with Crippen LogP contribution < -0.4 is 10.2 Å². The normalized spacial score (nSPS) is 13.0. The number of pyridine rings is 1. The summed E-state index contributed by atoms with van der Waals surface area (Å²) >= 11 is 19.3. The van der Waals surface area contributed by atoms with Gasteiger partial charge in [-0.15, -0.1) is 0 Å². The van der Waals surface area contributed by atoms with Crippen LogP contribution in [0.1, 0.15) is 40.6 Å². The summed E-state index contributed by atoms with van der Waals surface area (Å²) in [5, 5.41) is 7.42. The summed E-state index contributed by atoms with van der Waals surface area (Å²) in [6.45, 7) is 1.21. The molecule has 1 aliphatic carbocycles. The molecule has 1 N–H and O–H groups in total. The van der Waals surface area contributed by atoms with Crippen molar-refractivity contribution >= 4 is 78.5 Å². The van der Waals surface area contributed by atoms with Gasteiger partial charge in [0.25, 0.3) is 11.8 Å². The van der Waals surface area contributed by atoms with E-state index < -0.39 is 17.7 Å². The maximum atomic E-state index is 13.7. The fourth-order valence-electron chi connectivity index (χ4n) is 3.17. The van der Waals surface area contributed by atoms with Crippen molar-refractivity contribution in [1.29, 1.82) is 0 Å². The summed E-state index contributed by atoms with van der Waals surface area (Å²) in [6.07, 6.45) is 3.24. The molecule has 2 heterocycles. The van der Waals surface area contributed by atoms with Gasteiger partial charge in [0.15, 0.2) is 5.82 Å². The van der Waals surface area contributed by atoms with Crippen molar-refractivity contribution < 1.29 is 14.4 Å². The van der Waals surface area contributed by atoms with Crippen LogP contribution in [0.5, 0.6) is 0 Å². The number of carbonyl (C=O) groups excluding carboxylic acids is 3. The Morgan fingerprint density at radius 1 is 1.15 bits per heavy atom. The molecule has 8 nitrogen and oxygen atoms in total. The summed E-state index contributed by atoms with van der Waals surface area (Å²) in [5.41, 5.74) is 0.0579. The van der Waals surface area contributed by atoms with E-state index >= 15 is 0 Å². The van der Waals surface area contributed by atoms with Gasteiger partial charge in [0, 0.05) is 29.7 Å². The van der Waals surface area contributed by atoms with Gasteiger partial charge in [-0.05, 0) is 53.0 Å². The lowest BCUT2D eigenvalue weighted by Gasteiger charge is -2.23. The number of aromatic nitrogens is 3. The third-order valence-corrected chi connectivity index (χ3v) is 6.19. The summed E-state index contributed by atoms with van der Waals surface area (Å²) in [6, 6.07) is 7.76. The highest BCUT2D eigenvalue weighted by Crippen LogP contribution is 2.36. The molecule has 170 valence electrons. The number of hydrogen-bond donors (Lipinski definition) is 1. The zero-order valence-corrected chi connectivity index (χ0v) is 21.7. The van der Waals surface area contributed by atoms with Crippen molar-refractivity contribution in [3.8, 4) is 5.82 Å². The van der Waals surface area contributed by atoms with Gasteiger partial charge in [0.2, 0.25) is 5.91 Å². The lowest BCUT2D eigenvalue weighted by Crippen LogP contribution is -2.39. The van der Waals surface area contributed by atoms with Crippen molar-refractivity contribution in [1.82, 2.24) is 20.1 Å². The van der Waals surface area contributed by atoms with E-state index in [0.717, 1.165) is 17.7 Å². The lowest BCUT2D eigenvalue weighted by molar-refractivity contribution is -0.115. The quantitative estimate of drug-likeness (QED) is 0.426. The Hall–Kier alpha value is -2.27. The van der Waals surface area contributed by atoms with Gasteiger partial charge < -0.3 is 5.32 Å². The largest absolute Gasteiger partial charge is 0.349 e. The van der Waals surface area contributed by atoms with Gasteiger partial charge in [-0.25, -0.2) is 14.6 Å². The topological polar surface area (TPSA) is 97.2 Å². The van der Waals surface area contributed by atoms with Crippen LogP contribution in [0.2, 0.25) is 10.0 Å². The van der Waals surface area contributed by atoms with Crippen molar-refractivity contribution in [3.05, 3.63) is 66.9 Å². The van der Waals surface area contributed by atoms with Gasteiger partial charge in [0.1, 0.15) is 10.3 Å². The van der Waals surface area contributed by atoms with E-state index in [9.17, 15) is 14.4 Å². The molecule has 1 aliphatic rings. The fraction of sp³-hybridized carbons (Fsp3) is 0.190. The van der Waals surface area contributed by atoms with Crippen molar-refractivity contribution in [3.63, 3.8) is 0 Å². The van der Waals surface area contributed by atoms with Gasteiger partial charge in [-0.1, -0.05) is 39.1 Å². The van der Waals surface area contributed by atoms with Crippen LogP contribution in [0.3, 0.4) is 0 Å². The highest BCUT2D eigenvalue weighted by atomic mass is 79.9. The van der Waals surface area contributed by atoms with E-state index in [1.807, 2.05) is 0 Å². The number of nitrogens with zero attached hydrogens (tertiary/aromatic N) is 4. The molecule has 2 aromatic heterocycles. The molecule has 0 bridgehead atoms. The zero-order valence-electron chi connectivity index (χ0n) is 17.0. The first-order valence-corrected chi connectivity index (χ1v) is 12.0. The molecule has 1 fully saturated rings. The second-order valence-electron chi connectivity index (χ2n) is 7.26. The zero-order chi connectivity index (χ0) is 23.9. The van der Waals surface area contributed by atoms with E-state index in [1.54, 1.807) is 12.1 Å². The minimum atomic E-state index is -0.757. The fourth-order valence-corrected chi connectivity index (χ4v) is 4.64. The number of anilines is 1. The standard InChI is InChI=1S/C21H15Br2Cl2N5O3/c1-10(31)29(18-13(7-11(22)8-15(18)25)20(32)27-12-4-5-12)21(33)16-9-17(23)28-30(16)19-14(24)3-2-6-26-19/h2-3,6-9,12H,4-5H2,1H3,(H,27,32). The van der Waals surface area contributed by atoms with Gasteiger partial charge in [0.05, 0.1) is 21.3 Å². The number of rotatable bonds is 5. The smallest absolute Gasteiger partial charge is 0.283 e. The van der Waals surface area contributed by atoms with Crippen LogP contribution in [-0.4, -0.2) is 38.5 Å². The summed E-state index contributed by atoms with van der Waals surface area (Å²) < 4.78 is 2.08.